The van der Waals surface area contributed by atoms with Gasteiger partial charge in [-0.25, -0.2) is 0 Å². The molecule has 0 bridgehead atoms. The van der Waals surface area contributed by atoms with Gasteiger partial charge in [-0.15, -0.1) is 11.8 Å². The SMILES string of the molecule is CNc1ccccc1C(=O)CCC[C@]12CCNC[C@H]1c1cccc3c1N2CCCS3. The minimum absolute atomic E-state index is 0.164. The van der Waals surface area contributed by atoms with Crippen molar-refractivity contribution in [2.75, 3.05) is 42.7 Å². The normalized spacial score (nSPS) is 24.7. The van der Waals surface area contributed by atoms with Gasteiger partial charge in [0.2, 0.25) is 0 Å². The Morgan fingerprint density at radius 3 is 3.07 bits per heavy atom. The molecule has 0 saturated carbocycles. The van der Waals surface area contributed by atoms with E-state index in [1.54, 1.807) is 0 Å². The van der Waals surface area contributed by atoms with E-state index in [0.29, 0.717) is 12.3 Å². The van der Waals surface area contributed by atoms with E-state index in [1.165, 1.54) is 28.3 Å². The van der Waals surface area contributed by atoms with Crippen LogP contribution >= 0.6 is 11.8 Å². The predicted octanol–water partition coefficient (Wildman–Crippen LogP) is 4.91. The topological polar surface area (TPSA) is 44.4 Å². The molecule has 5 heteroatoms. The Bertz CT molecular complexity index is 946. The fourth-order valence-corrected chi connectivity index (χ4v) is 6.93. The highest BCUT2D eigenvalue weighted by molar-refractivity contribution is 7.99. The van der Waals surface area contributed by atoms with Crippen molar-refractivity contribution >= 4 is 28.9 Å². The summed E-state index contributed by atoms with van der Waals surface area (Å²) in [4.78, 5) is 17.2. The number of hydrogen-bond acceptors (Lipinski definition) is 5. The number of rotatable bonds is 6. The number of ketones is 1. The molecule has 30 heavy (non-hydrogen) atoms. The summed E-state index contributed by atoms with van der Waals surface area (Å²) in [6.07, 6.45) is 5.05. The molecule has 0 unspecified atom stereocenters. The molecule has 1 saturated heterocycles. The third-order valence-corrected chi connectivity index (χ3v) is 8.37. The zero-order valence-electron chi connectivity index (χ0n) is 17.7. The summed E-state index contributed by atoms with van der Waals surface area (Å²) >= 11 is 2.02. The van der Waals surface area contributed by atoms with Crippen molar-refractivity contribution in [1.82, 2.24) is 5.32 Å². The number of carbonyl (C=O) groups excluding carboxylic acids is 1. The van der Waals surface area contributed by atoms with Gasteiger partial charge in [0.05, 0.1) is 5.69 Å². The lowest BCUT2D eigenvalue weighted by Gasteiger charge is -2.47. The Morgan fingerprint density at radius 1 is 1.27 bits per heavy atom. The molecule has 1 fully saturated rings. The third-order valence-electron chi connectivity index (χ3n) is 7.24. The summed E-state index contributed by atoms with van der Waals surface area (Å²) in [5.41, 5.74) is 4.95. The number of fused-ring (bicyclic) bond motifs is 3. The number of anilines is 2. The number of carbonyl (C=O) groups is 1. The summed E-state index contributed by atoms with van der Waals surface area (Å²) in [7, 11) is 1.88. The van der Waals surface area contributed by atoms with Crippen LogP contribution in [0.4, 0.5) is 11.4 Å². The monoisotopic (exact) mass is 421 g/mol. The molecule has 2 aromatic carbocycles. The molecule has 5 rings (SSSR count). The highest BCUT2D eigenvalue weighted by Crippen LogP contribution is 2.56. The van der Waals surface area contributed by atoms with Gasteiger partial charge in [-0.1, -0.05) is 24.3 Å². The van der Waals surface area contributed by atoms with E-state index >= 15 is 0 Å². The van der Waals surface area contributed by atoms with Crippen molar-refractivity contribution in [2.24, 2.45) is 0 Å². The molecular weight excluding hydrogens is 390 g/mol. The predicted molar refractivity (Wildman–Crippen MR) is 126 cm³/mol. The zero-order valence-corrected chi connectivity index (χ0v) is 18.6. The molecule has 2 atom stereocenters. The van der Waals surface area contributed by atoms with Crippen molar-refractivity contribution < 1.29 is 4.79 Å². The summed E-state index contributed by atoms with van der Waals surface area (Å²) < 4.78 is 0. The lowest BCUT2D eigenvalue weighted by Crippen LogP contribution is -2.56. The van der Waals surface area contributed by atoms with Crippen LogP contribution in [0.25, 0.3) is 0 Å². The van der Waals surface area contributed by atoms with E-state index in [4.69, 9.17) is 0 Å². The molecule has 0 radical (unpaired) electrons. The maximum atomic E-state index is 13.0. The highest BCUT2D eigenvalue weighted by Gasteiger charge is 2.52. The standard InChI is InChI=1S/C25H31N3OS/c1-26-21-9-3-2-7-19(21)22(29)10-5-12-25-13-14-27-17-20(25)18-8-4-11-23-24(18)28(25)15-6-16-30-23/h2-4,7-9,11,20,26-27H,5-6,10,12-17H2,1H3/t20-,25-/m0/s1. The van der Waals surface area contributed by atoms with Crippen molar-refractivity contribution in [3.05, 3.63) is 53.6 Å². The van der Waals surface area contributed by atoms with Crippen LogP contribution in [0.1, 0.15) is 53.9 Å². The molecular formula is C25H31N3OS. The fraction of sp³-hybridized carbons (Fsp3) is 0.480. The van der Waals surface area contributed by atoms with Crippen LogP contribution in [0.5, 0.6) is 0 Å². The summed E-state index contributed by atoms with van der Waals surface area (Å²) in [6, 6.07) is 14.8. The number of hydrogen-bond donors (Lipinski definition) is 2. The minimum Gasteiger partial charge on any atom is -0.388 e. The van der Waals surface area contributed by atoms with E-state index < -0.39 is 0 Å². The first-order valence-electron chi connectivity index (χ1n) is 11.3. The van der Waals surface area contributed by atoms with Crippen LogP contribution in [-0.2, 0) is 0 Å². The fourth-order valence-electron chi connectivity index (χ4n) is 5.89. The van der Waals surface area contributed by atoms with Crippen LogP contribution < -0.4 is 15.5 Å². The van der Waals surface area contributed by atoms with Crippen molar-refractivity contribution in [1.29, 1.82) is 0 Å². The molecule has 2 N–H and O–H groups in total. The van der Waals surface area contributed by atoms with Crippen molar-refractivity contribution in [2.45, 2.75) is 48.5 Å². The van der Waals surface area contributed by atoms with Crippen LogP contribution in [0.15, 0.2) is 47.4 Å². The molecule has 0 aromatic heterocycles. The lowest BCUT2D eigenvalue weighted by molar-refractivity contribution is 0.0975. The average Bonchev–Trinajstić information content (AvgIpc) is 2.90. The summed E-state index contributed by atoms with van der Waals surface area (Å²) in [5.74, 6) is 1.98. The van der Waals surface area contributed by atoms with Crippen LogP contribution in [0, 0.1) is 0 Å². The van der Waals surface area contributed by atoms with E-state index in [1.807, 2.05) is 43.1 Å². The first-order chi connectivity index (χ1) is 14.7. The molecule has 3 aliphatic heterocycles. The average molecular weight is 422 g/mol. The van der Waals surface area contributed by atoms with E-state index in [9.17, 15) is 4.79 Å². The maximum absolute atomic E-state index is 13.0. The van der Waals surface area contributed by atoms with Gasteiger partial charge in [0.1, 0.15) is 0 Å². The molecule has 4 nitrogen and oxygen atoms in total. The quantitative estimate of drug-likeness (QED) is 0.649. The summed E-state index contributed by atoms with van der Waals surface area (Å²) in [5, 5.41) is 6.81. The molecule has 2 aromatic rings. The van der Waals surface area contributed by atoms with Gasteiger partial charge in [-0.2, -0.15) is 0 Å². The molecule has 3 heterocycles. The van der Waals surface area contributed by atoms with E-state index in [0.717, 1.165) is 50.1 Å². The van der Waals surface area contributed by atoms with E-state index in [-0.39, 0.29) is 11.3 Å². The largest absolute Gasteiger partial charge is 0.388 e. The number of benzene rings is 2. The second-order valence-corrected chi connectivity index (χ2v) is 9.87. The van der Waals surface area contributed by atoms with Crippen LogP contribution in [0.3, 0.4) is 0 Å². The number of para-hydroxylation sites is 2. The minimum atomic E-state index is 0.164. The molecule has 158 valence electrons. The second-order valence-electron chi connectivity index (χ2n) is 8.73. The smallest absolute Gasteiger partial charge is 0.164 e. The number of nitrogens with one attached hydrogen (secondary N) is 2. The van der Waals surface area contributed by atoms with Gasteiger partial charge in [-0.3, -0.25) is 4.79 Å². The number of nitrogens with zero attached hydrogens (tertiary/aromatic N) is 1. The Kier molecular flexibility index (Phi) is 5.50. The van der Waals surface area contributed by atoms with Crippen molar-refractivity contribution in [3.63, 3.8) is 0 Å². The first kappa shape index (κ1) is 20.0. The van der Waals surface area contributed by atoms with Gasteiger partial charge in [0, 0.05) is 54.2 Å². The Labute approximate surface area is 183 Å². The van der Waals surface area contributed by atoms with Gasteiger partial charge in [0.25, 0.3) is 0 Å². The van der Waals surface area contributed by atoms with Crippen molar-refractivity contribution in [3.8, 4) is 0 Å². The van der Waals surface area contributed by atoms with Gasteiger partial charge in [0.15, 0.2) is 5.78 Å². The van der Waals surface area contributed by atoms with Gasteiger partial charge in [-0.05, 0) is 61.7 Å². The third kappa shape index (κ3) is 3.23. The number of thioether (sulfide) groups is 1. The van der Waals surface area contributed by atoms with E-state index in [2.05, 4.69) is 33.7 Å². The highest BCUT2D eigenvalue weighted by atomic mass is 32.2. The zero-order chi connectivity index (χ0) is 20.6. The van der Waals surface area contributed by atoms with Gasteiger partial charge >= 0.3 is 0 Å². The Balaban J connectivity index is 1.39. The van der Waals surface area contributed by atoms with Crippen LogP contribution in [0.2, 0.25) is 0 Å². The molecule has 0 aliphatic carbocycles. The second kappa shape index (κ2) is 8.27. The lowest BCUT2D eigenvalue weighted by atomic mass is 9.73. The van der Waals surface area contributed by atoms with Gasteiger partial charge < -0.3 is 15.5 Å². The Morgan fingerprint density at radius 2 is 2.17 bits per heavy atom. The molecule has 0 spiro atoms. The number of piperidine rings is 1. The summed E-state index contributed by atoms with van der Waals surface area (Å²) in [6.45, 7) is 3.26. The van der Waals surface area contributed by atoms with Crippen LogP contribution in [-0.4, -0.2) is 43.8 Å². The first-order valence-corrected chi connectivity index (χ1v) is 12.3. The molecule has 3 aliphatic rings. The molecule has 0 amide bonds. The maximum Gasteiger partial charge on any atom is 0.164 e. The Hall–Kier alpha value is -1.98. The number of Topliss-reactive ketones (excluding diaryl/α,β-unsaturated/α-hetero) is 1.